The smallest absolute Gasteiger partial charge is 0.334 e. The first-order valence-corrected chi connectivity index (χ1v) is 8.05. The topological polar surface area (TPSA) is 63.0 Å². The van der Waals surface area contributed by atoms with Crippen LogP contribution in [0.15, 0.2) is 48.9 Å². The van der Waals surface area contributed by atoms with Crippen molar-refractivity contribution in [2.75, 3.05) is 11.6 Å². The molecule has 0 unspecified atom stereocenters. The number of rotatable bonds is 2. The second-order valence-electron chi connectivity index (χ2n) is 6.13. The monoisotopic (exact) mass is 373 g/mol. The molecular formula is C18H14F3N5O. The summed E-state index contributed by atoms with van der Waals surface area (Å²) in [6.07, 6.45) is 0.635. The number of benzene rings is 1. The first kappa shape index (κ1) is 17.1. The Hall–Kier alpha value is -3.36. The fourth-order valence-electron chi connectivity index (χ4n) is 2.94. The van der Waals surface area contributed by atoms with Gasteiger partial charge in [-0.05, 0) is 18.2 Å². The number of pyridine rings is 1. The average Bonchev–Trinajstić information content (AvgIpc) is 3.07. The molecule has 1 aromatic carbocycles. The van der Waals surface area contributed by atoms with Crippen LogP contribution < -0.4 is 10.2 Å². The molecule has 0 atom stereocenters. The molecule has 3 aromatic rings. The maximum Gasteiger partial charge on any atom is 0.416 e. The van der Waals surface area contributed by atoms with Crippen molar-refractivity contribution in [3.05, 3.63) is 60.0 Å². The van der Waals surface area contributed by atoms with Gasteiger partial charge >= 0.3 is 6.18 Å². The van der Waals surface area contributed by atoms with Crippen molar-refractivity contribution in [1.29, 1.82) is 0 Å². The maximum atomic E-state index is 12.7. The summed E-state index contributed by atoms with van der Waals surface area (Å²) >= 11 is 0. The summed E-state index contributed by atoms with van der Waals surface area (Å²) < 4.78 is 39.8. The highest BCUT2D eigenvalue weighted by Gasteiger charge is 2.30. The molecule has 6 nitrogen and oxygen atoms in total. The molecular weight excluding hydrogens is 359 g/mol. The van der Waals surface area contributed by atoms with Crippen LogP contribution in [0.4, 0.5) is 24.5 Å². The second kappa shape index (κ2) is 6.11. The number of hydrogen-bond acceptors (Lipinski definition) is 4. The Bertz CT molecular complexity index is 1010. The van der Waals surface area contributed by atoms with Gasteiger partial charge in [-0.15, -0.1) is 0 Å². The van der Waals surface area contributed by atoms with Gasteiger partial charge in [-0.1, -0.05) is 12.1 Å². The number of halogens is 3. The van der Waals surface area contributed by atoms with E-state index in [0.717, 1.165) is 17.8 Å². The number of hydrogen-bond donors (Lipinski definition) is 1. The van der Waals surface area contributed by atoms with Crippen LogP contribution in [-0.4, -0.2) is 27.3 Å². The van der Waals surface area contributed by atoms with E-state index in [4.69, 9.17) is 0 Å². The Morgan fingerprint density at radius 1 is 1.15 bits per heavy atom. The van der Waals surface area contributed by atoms with E-state index in [2.05, 4.69) is 15.4 Å². The van der Waals surface area contributed by atoms with Crippen molar-refractivity contribution < 1.29 is 18.0 Å². The highest BCUT2D eigenvalue weighted by molar-refractivity contribution is 6.03. The fourth-order valence-corrected chi connectivity index (χ4v) is 2.94. The van der Waals surface area contributed by atoms with Gasteiger partial charge in [0.1, 0.15) is 0 Å². The number of nitrogens with one attached hydrogen (secondary N) is 1. The lowest BCUT2D eigenvalue weighted by molar-refractivity contribution is -0.137. The summed E-state index contributed by atoms with van der Waals surface area (Å²) in [4.78, 5) is 18.5. The van der Waals surface area contributed by atoms with Gasteiger partial charge in [-0.25, -0.2) is 0 Å². The maximum absolute atomic E-state index is 12.7. The number of alkyl halides is 3. The molecule has 4 rings (SSSR count). The molecule has 1 amide bonds. The number of carbonyl (C=O) groups excluding carboxylic acids is 1. The fraction of sp³-hybridized carbons (Fsp3) is 0.167. The van der Waals surface area contributed by atoms with Crippen molar-refractivity contribution in [3.63, 3.8) is 0 Å². The number of anilines is 2. The molecule has 0 saturated heterocycles. The zero-order valence-electron chi connectivity index (χ0n) is 14.2. The van der Waals surface area contributed by atoms with Crippen molar-refractivity contribution in [2.24, 2.45) is 7.05 Å². The van der Waals surface area contributed by atoms with E-state index in [1.807, 2.05) is 11.1 Å². The summed E-state index contributed by atoms with van der Waals surface area (Å²) in [6.45, 7) is 0.277. The molecule has 1 aliphatic heterocycles. The molecule has 0 spiro atoms. The number of nitrogens with zero attached hydrogens (tertiary/aromatic N) is 4. The summed E-state index contributed by atoms with van der Waals surface area (Å²) in [6, 6.07) is 6.26. The Morgan fingerprint density at radius 3 is 2.52 bits per heavy atom. The molecule has 0 radical (unpaired) electrons. The second-order valence-corrected chi connectivity index (χ2v) is 6.13. The summed E-state index contributed by atoms with van der Waals surface area (Å²) in [5.74, 6) is -0.263. The minimum Gasteiger partial charge on any atom is -0.334 e. The first-order valence-electron chi connectivity index (χ1n) is 8.05. The van der Waals surface area contributed by atoms with Gasteiger partial charge in [0.25, 0.3) is 5.91 Å². The molecule has 2 aromatic heterocycles. The lowest BCUT2D eigenvalue weighted by atomic mass is 10.0. The Labute approximate surface area is 152 Å². The molecule has 0 fully saturated rings. The van der Waals surface area contributed by atoms with Crippen LogP contribution in [0.2, 0.25) is 0 Å². The van der Waals surface area contributed by atoms with Crippen LogP contribution in [-0.2, 0) is 13.2 Å². The molecule has 9 heteroatoms. The molecule has 1 aliphatic rings. The van der Waals surface area contributed by atoms with E-state index in [1.54, 1.807) is 30.2 Å². The van der Waals surface area contributed by atoms with Crippen molar-refractivity contribution in [2.45, 2.75) is 6.18 Å². The van der Waals surface area contributed by atoms with Gasteiger partial charge < -0.3 is 10.2 Å². The van der Waals surface area contributed by atoms with E-state index in [9.17, 15) is 18.0 Å². The standard InChI is InChI=1S/C18H14F3N5O/c1-25-9-13(7-24-25)26-10-23-17(27)14-6-15(22-8-16(14)26)11-2-4-12(5-3-11)18(19,20)21/h2-9H,10H2,1H3,(H,23,27). The Kier molecular flexibility index (Phi) is 3.87. The summed E-state index contributed by atoms with van der Waals surface area (Å²) in [5, 5.41) is 6.90. The van der Waals surface area contributed by atoms with E-state index < -0.39 is 11.7 Å². The van der Waals surface area contributed by atoms with Gasteiger partial charge in [-0.3, -0.25) is 14.5 Å². The van der Waals surface area contributed by atoms with Gasteiger partial charge in [-0.2, -0.15) is 18.3 Å². The average molecular weight is 373 g/mol. The van der Waals surface area contributed by atoms with Crippen LogP contribution in [0.1, 0.15) is 15.9 Å². The van der Waals surface area contributed by atoms with Crippen LogP contribution in [0.3, 0.4) is 0 Å². The third-order valence-electron chi connectivity index (χ3n) is 4.33. The van der Waals surface area contributed by atoms with Crippen molar-refractivity contribution in [3.8, 4) is 11.3 Å². The molecule has 3 heterocycles. The minimum atomic E-state index is -4.40. The number of aryl methyl sites for hydroxylation is 1. The van der Waals surface area contributed by atoms with E-state index in [1.165, 1.54) is 12.1 Å². The van der Waals surface area contributed by atoms with Crippen LogP contribution >= 0.6 is 0 Å². The van der Waals surface area contributed by atoms with Crippen LogP contribution in [0, 0.1) is 0 Å². The predicted octanol–water partition coefficient (Wildman–Crippen LogP) is 3.34. The van der Waals surface area contributed by atoms with Gasteiger partial charge in [0.05, 0.1) is 47.3 Å². The van der Waals surface area contributed by atoms with Gasteiger partial charge in [0.15, 0.2) is 0 Å². The molecule has 1 N–H and O–H groups in total. The Balaban J connectivity index is 1.72. The lowest BCUT2D eigenvalue weighted by Crippen LogP contribution is -2.40. The molecule has 0 saturated carbocycles. The number of carbonyl (C=O) groups is 1. The third-order valence-corrected chi connectivity index (χ3v) is 4.33. The molecule has 0 aliphatic carbocycles. The summed E-state index contributed by atoms with van der Waals surface area (Å²) in [5.41, 5.74) is 1.99. The minimum absolute atomic E-state index is 0.263. The molecule has 0 bridgehead atoms. The zero-order valence-corrected chi connectivity index (χ0v) is 14.2. The molecule has 138 valence electrons. The van der Waals surface area contributed by atoms with Crippen molar-refractivity contribution in [1.82, 2.24) is 20.1 Å². The van der Waals surface area contributed by atoms with E-state index >= 15 is 0 Å². The Morgan fingerprint density at radius 2 is 1.89 bits per heavy atom. The largest absolute Gasteiger partial charge is 0.416 e. The number of amides is 1. The van der Waals surface area contributed by atoms with Crippen LogP contribution in [0.5, 0.6) is 0 Å². The predicted molar refractivity (Wildman–Crippen MR) is 92.4 cm³/mol. The zero-order chi connectivity index (χ0) is 19.2. The van der Waals surface area contributed by atoms with Crippen LogP contribution in [0.25, 0.3) is 11.3 Å². The number of aromatic nitrogens is 3. The van der Waals surface area contributed by atoms with E-state index in [-0.39, 0.29) is 12.6 Å². The van der Waals surface area contributed by atoms with Crippen molar-refractivity contribution >= 4 is 17.3 Å². The highest BCUT2D eigenvalue weighted by atomic mass is 19.4. The first-order chi connectivity index (χ1) is 12.8. The summed E-state index contributed by atoms with van der Waals surface area (Å²) in [7, 11) is 1.79. The normalized spacial score (nSPS) is 14.1. The molecule has 27 heavy (non-hydrogen) atoms. The quantitative estimate of drug-likeness (QED) is 0.748. The number of fused-ring (bicyclic) bond motifs is 1. The van der Waals surface area contributed by atoms with Gasteiger partial charge in [0.2, 0.25) is 0 Å². The SMILES string of the molecule is Cn1cc(N2CNC(=O)c3cc(-c4ccc(C(F)(F)F)cc4)ncc32)cn1. The van der Waals surface area contributed by atoms with Gasteiger partial charge in [0, 0.05) is 18.8 Å². The van der Waals surface area contributed by atoms with E-state index in [0.29, 0.717) is 22.5 Å². The highest BCUT2D eigenvalue weighted by Crippen LogP contribution is 2.34. The lowest BCUT2D eigenvalue weighted by Gasteiger charge is -2.29. The third kappa shape index (κ3) is 3.12.